The zero-order valence-corrected chi connectivity index (χ0v) is 10.4. The smallest absolute Gasteiger partial charge is 0.0688 e. The number of ether oxygens (including phenoxy) is 1. The van der Waals surface area contributed by atoms with Gasteiger partial charge in [0.15, 0.2) is 0 Å². The second-order valence-electron chi connectivity index (χ2n) is 5.09. The third kappa shape index (κ3) is 2.28. The Labute approximate surface area is 98.0 Å². The van der Waals surface area contributed by atoms with E-state index in [1.807, 2.05) is 0 Å². The van der Waals surface area contributed by atoms with Crippen molar-refractivity contribution in [1.29, 1.82) is 0 Å². The van der Waals surface area contributed by atoms with Gasteiger partial charge in [-0.3, -0.25) is 0 Å². The molecule has 2 nitrogen and oxygen atoms in total. The summed E-state index contributed by atoms with van der Waals surface area (Å²) in [5.74, 6) is 0.595. The molecule has 0 spiro atoms. The predicted octanol–water partition coefficient (Wildman–Crippen LogP) is 2.65. The van der Waals surface area contributed by atoms with Gasteiger partial charge in [0.25, 0.3) is 0 Å². The second-order valence-corrected chi connectivity index (χ2v) is 5.09. The van der Waals surface area contributed by atoms with Crippen LogP contribution in [0.2, 0.25) is 0 Å². The molecule has 1 aromatic rings. The lowest BCUT2D eigenvalue weighted by atomic mass is 9.90. The van der Waals surface area contributed by atoms with Crippen molar-refractivity contribution >= 4 is 0 Å². The Kier molecular flexibility index (Phi) is 3.31. The Balaban J connectivity index is 2.20. The first-order valence-corrected chi connectivity index (χ1v) is 6.05. The summed E-state index contributed by atoms with van der Waals surface area (Å²) < 4.78 is 5.55. The number of rotatable bonds is 2. The van der Waals surface area contributed by atoms with Crippen molar-refractivity contribution < 1.29 is 4.74 Å². The van der Waals surface area contributed by atoms with Crippen molar-refractivity contribution in [3.8, 4) is 0 Å². The largest absolute Gasteiger partial charge is 0.378 e. The molecule has 1 heterocycles. The molecular weight excluding hydrogens is 198 g/mol. The maximum absolute atomic E-state index is 5.55. The summed E-state index contributed by atoms with van der Waals surface area (Å²) in [4.78, 5) is 0. The minimum absolute atomic E-state index is 0.0201. The molecule has 88 valence electrons. The van der Waals surface area contributed by atoms with Gasteiger partial charge in [-0.2, -0.15) is 0 Å². The molecule has 1 atom stereocenters. The Hall–Kier alpha value is -0.860. The summed E-state index contributed by atoms with van der Waals surface area (Å²) in [5.41, 5.74) is 2.69. The highest BCUT2D eigenvalue weighted by Crippen LogP contribution is 2.25. The van der Waals surface area contributed by atoms with Crippen LogP contribution in [-0.2, 0) is 10.3 Å². The normalized spacial score (nSPS) is 26.0. The lowest BCUT2D eigenvalue weighted by molar-refractivity contribution is 0.0339. The summed E-state index contributed by atoms with van der Waals surface area (Å²) in [7, 11) is 0. The Morgan fingerprint density at radius 1 is 1.25 bits per heavy atom. The Morgan fingerprint density at radius 2 is 1.94 bits per heavy atom. The van der Waals surface area contributed by atoms with Crippen LogP contribution >= 0.6 is 0 Å². The third-order valence-electron chi connectivity index (χ3n) is 3.37. The molecule has 0 aliphatic carbocycles. The van der Waals surface area contributed by atoms with Gasteiger partial charge >= 0.3 is 0 Å². The summed E-state index contributed by atoms with van der Waals surface area (Å²) in [6.07, 6.45) is 0. The number of nitrogens with one attached hydrogen (secondary N) is 1. The average molecular weight is 219 g/mol. The molecule has 1 aliphatic heterocycles. The summed E-state index contributed by atoms with van der Waals surface area (Å²) in [5, 5.41) is 3.54. The van der Waals surface area contributed by atoms with Gasteiger partial charge < -0.3 is 10.1 Å². The molecule has 0 radical (unpaired) electrons. The van der Waals surface area contributed by atoms with E-state index in [1.54, 1.807) is 0 Å². The number of benzene rings is 1. The first-order valence-electron chi connectivity index (χ1n) is 6.05. The van der Waals surface area contributed by atoms with E-state index in [-0.39, 0.29) is 5.54 Å². The van der Waals surface area contributed by atoms with E-state index in [9.17, 15) is 0 Å². The fourth-order valence-corrected chi connectivity index (χ4v) is 2.15. The van der Waals surface area contributed by atoms with Crippen LogP contribution < -0.4 is 5.32 Å². The molecule has 1 fully saturated rings. The predicted molar refractivity (Wildman–Crippen MR) is 66.7 cm³/mol. The lowest BCUT2D eigenvalue weighted by Gasteiger charge is -2.35. The number of hydrogen-bond donors (Lipinski definition) is 1. The van der Waals surface area contributed by atoms with Crippen LogP contribution in [0.3, 0.4) is 0 Å². The molecule has 0 bridgehead atoms. The maximum atomic E-state index is 5.55. The number of morpholine rings is 1. The van der Waals surface area contributed by atoms with Crippen LogP contribution in [0.4, 0.5) is 0 Å². The lowest BCUT2D eigenvalue weighted by Crippen LogP contribution is -2.49. The first kappa shape index (κ1) is 11.6. The Morgan fingerprint density at radius 3 is 2.44 bits per heavy atom. The molecule has 1 saturated heterocycles. The summed E-state index contributed by atoms with van der Waals surface area (Å²) in [6.45, 7) is 9.16. The zero-order chi connectivity index (χ0) is 11.6. The van der Waals surface area contributed by atoms with Crippen molar-refractivity contribution in [2.45, 2.75) is 32.2 Å². The van der Waals surface area contributed by atoms with Crippen LogP contribution in [0.1, 0.15) is 37.8 Å². The molecule has 1 unspecified atom stereocenters. The van der Waals surface area contributed by atoms with Gasteiger partial charge in [0.2, 0.25) is 0 Å². The van der Waals surface area contributed by atoms with E-state index < -0.39 is 0 Å². The highest BCUT2D eigenvalue weighted by Gasteiger charge is 2.28. The summed E-state index contributed by atoms with van der Waals surface area (Å²) in [6, 6.07) is 8.89. The molecule has 0 amide bonds. The molecule has 1 N–H and O–H groups in total. The van der Waals surface area contributed by atoms with E-state index in [0.29, 0.717) is 5.92 Å². The molecule has 1 aromatic carbocycles. The average Bonchev–Trinajstić information content (AvgIpc) is 2.30. The van der Waals surface area contributed by atoms with Crippen molar-refractivity contribution in [3.05, 3.63) is 35.4 Å². The molecule has 0 saturated carbocycles. The topological polar surface area (TPSA) is 21.3 Å². The van der Waals surface area contributed by atoms with Gasteiger partial charge in [0.1, 0.15) is 0 Å². The highest BCUT2D eigenvalue weighted by atomic mass is 16.5. The van der Waals surface area contributed by atoms with Gasteiger partial charge in [-0.15, -0.1) is 0 Å². The molecule has 1 aliphatic rings. The fraction of sp³-hybridized carbons (Fsp3) is 0.571. The van der Waals surface area contributed by atoms with Crippen LogP contribution in [0.25, 0.3) is 0 Å². The molecule has 2 heteroatoms. The maximum Gasteiger partial charge on any atom is 0.0688 e. The van der Waals surface area contributed by atoms with Crippen LogP contribution in [0.15, 0.2) is 24.3 Å². The van der Waals surface area contributed by atoms with Crippen molar-refractivity contribution in [1.82, 2.24) is 5.32 Å². The molecule has 2 rings (SSSR count). The van der Waals surface area contributed by atoms with E-state index >= 15 is 0 Å². The van der Waals surface area contributed by atoms with Gasteiger partial charge in [-0.1, -0.05) is 38.1 Å². The van der Waals surface area contributed by atoms with Gasteiger partial charge in [0, 0.05) is 6.54 Å². The van der Waals surface area contributed by atoms with Crippen LogP contribution in [0.5, 0.6) is 0 Å². The minimum atomic E-state index is -0.0201. The van der Waals surface area contributed by atoms with Gasteiger partial charge in [-0.25, -0.2) is 0 Å². The molecular formula is C14H21NO. The van der Waals surface area contributed by atoms with Crippen molar-refractivity contribution in [2.75, 3.05) is 19.8 Å². The van der Waals surface area contributed by atoms with E-state index in [4.69, 9.17) is 4.74 Å². The monoisotopic (exact) mass is 219 g/mol. The van der Waals surface area contributed by atoms with Crippen LogP contribution in [0, 0.1) is 0 Å². The fourth-order valence-electron chi connectivity index (χ4n) is 2.15. The second kappa shape index (κ2) is 4.56. The standard InChI is InChI=1S/C14H21NO/c1-11(2)12-4-6-13(7-5-12)14(3)10-16-9-8-15-14/h4-7,11,15H,8-10H2,1-3H3. The summed E-state index contributed by atoms with van der Waals surface area (Å²) >= 11 is 0. The van der Waals surface area contributed by atoms with E-state index in [1.165, 1.54) is 11.1 Å². The molecule has 16 heavy (non-hydrogen) atoms. The number of hydrogen-bond acceptors (Lipinski definition) is 2. The van der Waals surface area contributed by atoms with Gasteiger partial charge in [-0.05, 0) is 24.0 Å². The SMILES string of the molecule is CC(C)c1ccc(C2(C)COCCN2)cc1. The van der Waals surface area contributed by atoms with E-state index in [0.717, 1.165) is 19.8 Å². The Bertz CT molecular complexity index is 336. The third-order valence-corrected chi connectivity index (χ3v) is 3.37. The van der Waals surface area contributed by atoms with Crippen molar-refractivity contribution in [2.24, 2.45) is 0 Å². The van der Waals surface area contributed by atoms with Crippen LogP contribution in [-0.4, -0.2) is 19.8 Å². The minimum Gasteiger partial charge on any atom is -0.378 e. The molecule has 0 aromatic heterocycles. The first-order chi connectivity index (χ1) is 7.62. The zero-order valence-electron chi connectivity index (χ0n) is 10.4. The highest BCUT2D eigenvalue weighted by molar-refractivity contribution is 5.30. The van der Waals surface area contributed by atoms with Crippen molar-refractivity contribution in [3.63, 3.8) is 0 Å². The van der Waals surface area contributed by atoms with E-state index in [2.05, 4.69) is 50.4 Å². The van der Waals surface area contributed by atoms with Gasteiger partial charge in [0.05, 0.1) is 18.8 Å². The quantitative estimate of drug-likeness (QED) is 0.825.